The highest BCUT2D eigenvalue weighted by Gasteiger charge is 2.52. The third-order valence-corrected chi connectivity index (χ3v) is 9.44. The van der Waals surface area contributed by atoms with Gasteiger partial charge < -0.3 is 9.88 Å². The first-order valence-electron chi connectivity index (χ1n) is 10.8. The normalized spacial score (nSPS) is 29.5. The third-order valence-electron chi connectivity index (χ3n) is 6.58. The van der Waals surface area contributed by atoms with E-state index in [1.807, 2.05) is 0 Å². The molecule has 32 heavy (non-hydrogen) atoms. The molecule has 2 N–H and O–H groups in total. The Morgan fingerprint density at radius 3 is 2.62 bits per heavy atom. The summed E-state index contributed by atoms with van der Waals surface area (Å²) in [5, 5.41) is 12.3. The van der Waals surface area contributed by atoms with E-state index in [1.165, 1.54) is 0 Å². The first-order chi connectivity index (χ1) is 15.1. The van der Waals surface area contributed by atoms with Crippen LogP contribution in [0.5, 0.6) is 0 Å². The van der Waals surface area contributed by atoms with E-state index in [2.05, 4.69) is 27.9 Å². The topological polar surface area (TPSA) is 143 Å². The van der Waals surface area contributed by atoms with Crippen LogP contribution in [-0.2, 0) is 32.9 Å². The summed E-state index contributed by atoms with van der Waals surface area (Å²) in [7, 11) is -1.19. The lowest BCUT2D eigenvalue weighted by Crippen LogP contribution is -2.51. The fourth-order valence-electron chi connectivity index (χ4n) is 4.54. The molecule has 3 aliphatic rings. The highest BCUT2D eigenvalue weighted by Crippen LogP contribution is 2.35. The molecule has 176 valence electrons. The van der Waals surface area contributed by atoms with Crippen LogP contribution in [0.3, 0.4) is 0 Å². The molecular formula is C19H28N6O5S2. The van der Waals surface area contributed by atoms with Gasteiger partial charge in [0.15, 0.2) is 15.0 Å². The molecule has 11 nitrogen and oxygen atoms in total. The maximum atomic E-state index is 12.8. The van der Waals surface area contributed by atoms with E-state index in [9.17, 15) is 22.8 Å². The van der Waals surface area contributed by atoms with Gasteiger partial charge in [-0.1, -0.05) is 18.7 Å². The van der Waals surface area contributed by atoms with Gasteiger partial charge in [-0.25, -0.2) is 13.2 Å². The van der Waals surface area contributed by atoms with Gasteiger partial charge in [0.25, 0.3) is 5.91 Å². The van der Waals surface area contributed by atoms with Crippen molar-refractivity contribution in [1.82, 2.24) is 30.5 Å². The zero-order chi connectivity index (χ0) is 23.1. The van der Waals surface area contributed by atoms with Crippen LogP contribution in [0, 0.1) is 11.8 Å². The molecule has 13 heteroatoms. The van der Waals surface area contributed by atoms with Crippen LogP contribution in [0.2, 0.25) is 0 Å². The van der Waals surface area contributed by atoms with Gasteiger partial charge in [-0.05, 0) is 43.9 Å². The summed E-state index contributed by atoms with van der Waals surface area (Å²) in [6.07, 6.45) is 3.98. The van der Waals surface area contributed by atoms with Crippen molar-refractivity contribution in [3.05, 3.63) is 5.82 Å². The fraction of sp³-hybridized carbons (Fsp3) is 0.737. The minimum absolute atomic E-state index is 0.0267. The fourth-order valence-corrected chi connectivity index (χ4v) is 7.13. The van der Waals surface area contributed by atoms with Crippen molar-refractivity contribution in [2.24, 2.45) is 18.9 Å². The van der Waals surface area contributed by atoms with Gasteiger partial charge in [0, 0.05) is 13.5 Å². The average molecular weight is 485 g/mol. The van der Waals surface area contributed by atoms with Crippen LogP contribution in [0.4, 0.5) is 4.79 Å². The van der Waals surface area contributed by atoms with Crippen LogP contribution in [0.25, 0.3) is 0 Å². The molecule has 0 aromatic carbocycles. The zero-order valence-corrected chi connectivity index (χ0v) is 19.8. The van der Waals surface area contributed by atoms with Gasteiger partial charge >= 0.3 is 6.03 Å². The predicted molar refractivity (Wildman–Crippen MR) is 116 cm³/mol. The number of hydrogen-bond donors (Lipinski definition) is 2. The van der Waals surface area contributed by atoms with Crippen molar-refractivity contribution < 1.29 is 22.8 Å². The number of rotatable bonds is 6. The number of hydrazine groups is 1. The molecule has 2 saturated heterocycles. The summed E-state index contributed by atoms with van der Waals surface area (Å²) in [6.45, 7) is 2.12. The van der Waals surface area contributed by atoms with Crippen LogP contribution in [0.1, 0.15) is 44.9 Å². The second kappa shape index (κ2) is 8.65. The van der Waals surface area contributed by atoms with E-state index in [0.717, 1.165) is 29.6 Å². The SMILES string of the molecule is CC1CCC2(CC1)NC(=O)N(NC(=O)CSc1nnc(C[C@@H]3CCS(=O)(=O)C3)n1C)C2=O. The van der Waals surface area contributed by atoms with Gasteiger partial charge in [-0.15, -0.1) is 10.2 Å². The van der Waals surface area contributed by atoms with Crippen molar-refractivity contribution in [2.45, 2.75) is 56.1 Å². The molecule has 4 rings (SSSR count). The number of carbonyl (C=O) groups excluding carboxylic acids is 3. The van der Waals surface area contributed by atoms with Crippen LogP contribution in [-0.4, -0.2) is 68.8 Å². The van der Waals surface area contributed by atoms with E-state index in [4.69, 9.17) is 0 Å². The molecule has 1 aliphatic carbocycles. The molecule has 1 spiro atoms. The van der Waals surface area contributed by atoms with Crippen LogP contribution < -0.4 is 10.7 Å². The molecular weight excluding hydrogens is 456 g/mol. The Balaban J connectivity index is 1.30. The summed E-state index contributed by atoms with van der Waals surface area (Å²) >= 11 is 1.14. The maximum Gasteiger partial charge on any atom is 0.344 e. The van der Waals surface area contributed by atoms with E-state index in [1.54, 1.807) is 11.6 Å². The third kappa shape index (κ3) is 4.63. The molecule has 0 bridgehead atoms. The quantitative estimate of drug-likeness (QED) is 0.437. The van der Waals surface area contributed by atoms with Crippen molar-refractivity contribution in [3.63, 3.8) is 0 Å². The summed E-state index contributed by atoms with van der Waals surface area (Å²) in [5.41, 5.74) is 1.51. The predicted octanol–water partition coefficient (Wildman–Crippen LogP) is 0.416. The molecule has 2 aliphatic heterocycles. The second-order valence-electron chi connectivity index (χ2n) is 9.09. The van der Waals surface area contributed by atoms with Crippen molar-refractivity contribution >= 4 is 39.4 Å². The highest BCUT2D eigenvalue weighted by molar-refractivity contribution is 7.99. The Labute approximate surface area is 191 Å². The van der Waals surface area contributed by atoms with Crippen molar-refractivity contribution in [2.75, 3.05) is 17.3 Å². The molecule has 4 amide bonds. The first kappa shape index (κ1) is 23.0. The Morgan fingerprint density at radius 1 is 1.25 bits per heavy atom. The van der Waals surface area contributed by atoms with Gasteiger partial charge in [0.05, 0.1) is 17.3 Å². The number of carbonyl (C=O) groups is 3. The average Bonchev–Trinajstić information content (AvgIpc) is 3.33. The molecule has 3 heterocycles. The largest absolute Gasteiger partial charge is 0.344 e. The van der Waals surface area contributed by atoms with E-state index < -0.39 is 33.2 Å². The zero-order valence-electron chi connectivity index (χ0n) is 18.2. The molecule has 0 radical (unpaired) electrons. The number of urea groups is 1. The summed E-state index contributed by atoms with van der Waals surface area (Å²) in [6, 6.07) is -0.602. The smallest absolute Gasteiger partial charge is 0.322 e. The minimum atomic E-state index is -2.96. The van der Waals surface area contributed by atoms with E-state index in [-0.39, 0.29) is 23.2 Å². The van der Waals surface area contributed by atoms with Gasteiger partial charge in [0.1, 0.15) is 11.4 Å². The molecule has 1 saturated carbocycles. The molecule has 1 aromatic heterocycles. The number of amides is 4. The van der Waals surface area contributed by atoms with Crippen molar-refractivity contribution in [3.8, 4) is 0 Å². The summed E-state index contributed by atoms with van der Waals surface area (Å²) in [4.78, 5) is 37.6. The first-order valence-corrected chi connectivity index (χ1v) is 13.6. The Kier molecular flexibility index (Phi) is 6.23. The Morgan fingerprint density at radius 2 is 1.97 bits per heavy atom. The standard InChI is InChI=1S/C19H28N6O5S2/c1-12-3-6-19(7-4-12)16(27)25(17(28)20-19)23-15(26)10-31-18-22-21-14(24(18)2)9-13-5-8-32(29,30)11-13/h12-13H,3-11H2,1-2H3,(H,20,28)(H,23,26)/t12?,13-,19?/m0/s1. The van der Waals surface area contributed by atoms with E-state index in [0.29, 0.717) is 42.6 Å². The molecule has 1 aromatic rings. The van der Waals surface area contributed by atoms with Crippen LogP contribution in [0.15, 0.2) is 5.16 Å². The Bertz CT molecular complexity index is 1030. The monoisotopic (exact) mass is 484 g/mol. The van der Waals surface area contributed by atoms with E-state index >= 15 is 0 Å². The summed E-state index contributed by atoms with van der Waals surface area (Å²) < 4.78 is 25.1. The lowest BCUT2D eigenvalue weighted by atomic mass is 9.77. The lowest BCUT2D eigenvalue weighted by molar-refractivity contribution is -0.139. The Hall–Kier alpha value is -2.15. The number of hydrogen-bond acceptors (Lipinski definition) is 8. The van der Waals surface area contributed by atoms with Gasteiger partial charge in [0.2, 0.25) is 5.91 Å². The van der Waals surface area contributed by atoms with Crippen LogP contribution >= 0.6 is 11.8 Å². The number of nitrogens with zero attached hydrogens (tertiary/aromatic N) is 4. The number of nitrogens with one attached hydrogen (secondary N) is 2. The van der Waals surface area contributed by atoms with Gasteiger partial charge in [-0.2, -0.15) is 5.01 Å². The number of thioether (sulfide) groups is 1. The van der Waals surface area contributed by atoms with Gasteiger partial charge in [-0.3, -0.25) is 15.0 Å². The number of imide groups is 1. The second-order valence-corrected chi connectivity index (χ2v) is 12.3. The minimum Gasteiger partial charge on any atom is -0.322 e. The maximum absolute atomic E-state index is 12.8. The molecule has 1 atom stereocenters. The van der Waals surface area contributed by atoms with Crippen molar-refractivity contribution in [1.29, 1.82) is 0 Å². The number of sulfone groups is 1. The highest BCUT2D eigenvalue weighted by atomic mass is 32.2. The molecule has 0 unspecified atom stereocenters. The number of aromatic nitrogens is 3. The lowest BCUT2D eigenvalue weighted by Gasteiger charge is -2.33. The summed E-state index contributed by atoms with van der Waals surface area (Å²) in [5.74, 6) is 0.630. The molecule has 3 fully saturated rings.